The van der Waals surface area contributed by atoms with E-state index in [2.05, 4.69) is 31.1 Å². The second-order valence-corrected chi connectivity index (χ2v) is 7.43. The Balaban J connectivity index is 0.00000192. The van der Waals surface area contributed by atoms with Gasteiger partial charge in [0.25, 0.3) is 0 Å². The zero-order valence-electron chi connectivity index (χ0n) is 13.1. The molecule has 1 N–H and O–H groups in total. The maximum Gasteiger partial charge on any atom is 0.193 e. The van der Waals surface area contributed by atoms with Crippen LogP contribution in [0.15, 0.2) is 27.7 Å². The largest absolute Gasteiger partial charge is 0.381 e. The number of nitrogens with zero attached hydrogens (tertiary/aromatic N) is 2. The van der Waals surface area contributed by atoms with Gasteiger partial charge in [0, 0.05) is 48.2 Å². The van der Waals surface area contributed by atoms with Crippen molar-refractivity contribution < 1.29 is 4.74 Å². The number of halogens is 3. The van der Waals surface area contributed by atoms with E-state index < -0.39 is 0 Å². The number of hydrogen-bond donors (Lipinski definition) is 1. The molecule has 0 radical (unpaired) electrons. The van der Waals surface area contributed by atoms with Crippen molar-refractivity contribution in [3.63, 3.8) is 0 Å². The molecule has 7 heteroatoms. The van der Waals surface area contributed by atoms with E-state index in [0.29, 0.717) is 12.0 Å². The highest BCUT2D eigenvalue weighted by Gasteiger charge is 2.42. The summed E-state index contributed by atoms with van der Waals surface area (Å²) in [5, 5.41) is 4.19. The molecule has 2 fully saturated rings. The number of nitrogens with one attached hydrogen (secondary N) is 1. The molecule has 0 bridgehead atoms. The highest BCUT2D eigenvalue weighted by atomic mass is 127. The molecular formula is C16H22BrClIN3O. The number of likely N-dealkylation sites (tertiary alicyclic amines) is 1. The van der Waals surface area contributed by atoms with Crippen LogP contribution in [0, 0.1) is 5.41 Å². The monoisotopic (exact) mass is 513 g/mol. The maximum atomic E-state index is 6.27. The first kappa shape index (κ1) is 19.3. The molecule has 2 saturated heterocycles. The maximum absolute atomic E-state index is 6.27. The molecule has 0 aromatic heterocycles. The van der Waals surface area contributed by atoms with Gasteiger partial charge in [0.15, 0.2) is 5.96 Å². The summed E-state index contributed by atoms with van der Waals surface area (Å²) in [6.07, 6.45) is 2.35. The topological polar surface area (TPSA) is 36.9 Å². The molecule has 1 atom stereocenters. The van der Waals surface area contributed by atoms with Crippen molar-refractivity contribution >= 4 is 57.5 Å². The van der Waals surface area contributed by atoms with E-state index in [-0.39, 0.29) is 24.0 Å². The second-order valence-electron chi connectivity index (χ2n) is 6.11. The van der Waals surface area contributed by atoms with Gasteiger partial charge in [-0.3, -0.25) is 4.99 Å². The van der Waals surface area contributed by atoms with E-state index in [1.807, 2.05) is 25.2 Å². The number of hydrogen-bond acceptors (Lipinski definition) is 2. The van der Waals surface area contributed by atoms with Crippen LogP contribution in [0.1, 0.15) is 18.4 Å². The van der Waals surface area contributed by atoms with Crippen molar-refractivity contribution in [3.05, 3.63) is 33.3 Å². The summed E-state index contributed by atoms with van der Waals surface area (Å²) >= 11 is 9.70. The molecule has 2 aliphatic rings. The van der Waals surface area contributed by atoms with Crippen LogP contribution in [0.25, 0.3) is 0 Å². The molecule has 128 valence electrons. The van der Waals surface area contributed by atoms with Crippen molar-refractivity contribution in [2.24, 2.45) is 10.4 Å². The third-order valence-corrected chi connectivity index (χ3v) is 5.43. The Labute approximate surface area is 168 Å². The van der Waals surface area contributed by atoms with E-state index in [1.165, 1.54) is 12.8 Å². The smallest absolute Gasteiger partial charge is 0.193 e. The van der Waals surface area contributed by atoms with Gasteiger partial charge in [-0.1, -0.05) is 33.6 Å². The minimum atomic E-state index is 0. The molecule has 23 heavy (non-hydrogen) atoms. The van der Waals surface area contributed by atoms with E-state index >= 15 is 0 Å². The zero-order chi connectivity index (χ0) is 15.6. The molecule has 0 aliphatic carbocycles. The normalized spacial score (nSPS) is 24.1. The van der Waals surface area contributed by atoms with Crippen molar-refractivity contribution in [1.82, 2.24) is 10.2 Å². The minimum Gasteiger partial charge on any atom is -0.381 e. The first-order chi connectivity index (χ1) is 10.6. The van der Waals surface area contributed by atoms with Crippen LogP contribution in [0.4, 0.5) is 0 Å². The Hall–Kier alpha value is -0.0500. The van der Waals surface area contributed by atoms with Gasteiger partial charge < -0.3 is 15.0 Å². The first-order valence-corrected chi connectivity index (χ1v) is 8.76. The number of guanidine groups is 1. The summed E-state index contributed by atoms with van der Waals surface area (Å²) in [6, 6.07) is 5.96. The molecule has 1 aromatic carbocycles. The Morgan fingerprint density at radius 1 is 1.48 bits per heavy atom. The molecule has 0 amide bonds. The van der Waals surface area contributed by atoms with Crippen LogP contribution < -0.4 is 5.32 Å². The number of rotatable bonds is 2. The third-order valence-electron chi connectivity index (χ3n) is 4.59. The van der Waals surface area contributed by atoms with Crippen LogP contribution in [0.5, 0.6) is 0 Å². The lowest BCUT2D eigenvalue weighted by Gasteiger charge is -2.25. The Kier molecular flexibility index (Phi) is 7.01. The molecule has 2 heterocycles. The highest BCUT2D eigenvalue weighted by molar-refractivity contribution is 14.0. The van der Waals surface area contributed by atoms with Crippen LogP contribution in [-0.4, -0.2) is 44.2 Å². The van der Waals surface area contributed by atoms with Crippen LogP contribution >= 0.6 is 51.5 Å². The van der Waals surface area contributed by atoms with Crippen molar-refractivity contribution in [2.75, 3.05) is 33.4 Å². The Morgan fingerprint density at radius 3 is 2.96 bits per heavy atom. The van der Waals surface area contributed by atoms with Gasteiger partial charge in [0.05, 0.1) is 6.61 Å². The Bertz CT molecular complexity index is 578. The van der Waals surface area contributed by atoms with E-state index in [9.17, 15) is 0 Å². The lowest BCUT2D eigenvalue weighted by molar-refractivity contribution is 0.156. The molecule has 4 nitrogen and oxygen atoms in total. The SMILES string of the molecule is CN=C(NCc1ccc(Br)cc1Cl)N1CCC2(CCOC2)C1.I. The summed E-state index contributed by atoms with van der Waals surface area (Å²) < 4.78 is 6.59. The lowest BCUT2D eigenvalue weighted by atomic mass is 9.87. The summed E-state index contributed by atoms with van der Waals surface area (Å²) in [7, 11) is 1.83. The number of benzene rings is 1. The average Bonchev–Trinajstić information content (AvgIpc) is 3.13. The molecule has 1 unspecified atom stereocenters. The molecule has 2 aliphatic heterocycles. The summed E-state index contributed by atoms with van der Waals surface area (Å²) in [4.78, 5) is 6.76. The fourth-order valence-electron chi connectivity index (χ4n) is 3.26. The third kappa shape index (κ3) is 4.52. The molecule has 1 spiro atoms. The first-order valence-electron chi connectivity index (χ1n) is 7.59. The summed E-state index contributed by atoms with van der Waals surface area (Å²) in [5.74, 6) is 0.947. The van der Waals surface area contributed by atoms with E-state index in [0.717, 1.165) is 47.3 Å². The van der Waals surface area contributed by atoms with Gasteiger partial charge in [-0.2, -0.15) is 0 Å². The van der Waals surface area contributed by atoms with Crippen molar-refractivity contribution in [1.29, 1.82) is 0 Å². The van der Waals surface area contributed by atoms with Gasteiger partial charge in [-0.05, 0) is 30.5 Å². The quantitative estimate of drug-likeness (QED) is 0.370. The van der Waals surface area contributed by atoms with E-state index in [4.69, 9.17) is 16.3 Å². The van der Waals surface area contributed by atoms with E-state index in [1.54, 1.807) is 0 Å². The second kappa shape index (κ2) is 8.36. The standard InChI is InChI=1S/C16H21BrClN3O.HI/c1-19-15(20-9-12-2-3-13(17)8-14(12)18)21-6-4-16(10-21)5-7-22-11-16;/h2-3,8H,4-7,9-11H2,1H3,(H,19,20);1H. The van der Waals surface area contributed by atoms with Gasteiger partial charge in [0.2, 0.25) is 0 Å². The lowest BCUT2D eigenvalue weighted by Crippen LogP contribution is -2.41. The molecule has 1 aromatic rings. The van der Waals surface area contributed by atoms with Gasteiger partial charge >= 0.3 is 0 Å². The van der Waals surface area contributed by atoms with Crippen LogP contribution in [0.2, 0.25) is 5.02 Å². The zero-order valence-corrected chi connectivity index (χ0v) is 17.8. The average molecular weight is 515 g/mol. The summed E-state index contributed by atoms with van der Waals surface area (Å²) in [5.41, 5.74) is 1.41. The number of ether oxygens (including phenoxy) is 1. The van der Waals surface area contributed by atoms with Crippen LogP contribution in [0.3, 0.4) is 0 Å². The molecular weight excluding hydrogens is 492 g/mol. The van der Waals surface area contributed by atoms with Crippen LogP contribution in [-0.2, 0) is 11.3 Å². The summed E-state index contributed by atoms with van der Waals surface area (Å²) in [6.45, 7) is 4.53. The van der Waals surface area contributed by atoms with Gasteiger partial charge in [-0.15, -0.1) is 24.0 Å². The number of aliphatic imine (C=N–C) groups is 1. The highest BCUT2D eigenvalue weighted by Crippen LogP contribution is 2.38. The van der Waals surface area contributed by atoms with Crippen molar-refractivity contribution in [2.45, 2.75) is 19.4 Å². The van der Waals surface area contributed by atoms with Gasteiger partial charge in [-0.25, -0.2) is 0 Å². The van der Waals surface area contributed by atoms with Crippen molar-refractivity contribution in [3.8, 4) is 0 Å². The van der Waals surface area contributed by atoms with Gasteiger partial charge in [0.1, 0.15) is 0 Å². The Morgan fingerprint density at radius 2 is 2.30 bits per heavy atom. The molecule has 3 rings (SSSR count). The fraction of sp³-hybridized carbons (Fsp3) is 0.562. The predicted octanol–water partition coefficient (Wildman–Crippen LogP) is 3.91. The predicted molar refractivity (Wildman–Crippen MR) is 109 cm³/mol. The molecule has 0 saturated carbocycles. The minimum absolute atomic E-state index is 0. The fourth-order valence-corrected chi connectivity index (χ4v) is 4.00.